The Kier molecular flexibility index (Phi) is 6.07. The number of nitrogens with one attached hydrogen (secondary N) is 1. The fourth-order valence-electron chi connectivity index (χ4n) is 2.98. The summed E-state index contributed by atoms with van der Waals surface area (Å²) in [5, 5.41) is 5.34. The van der Waals surface area contributed by atoms with Crippen LogP contribution < -0.4 is 10.1 Å². The van der Waals surface area contributed by atoms with Crippen molar-refractivity contribution in [1.29, 1.82) is 0 Å². The van der Waals surface area contributed by atoms with Crippen molar-refractivity contribution in [2.45, 2.75) is 18.9 Å². The summed E-state index contributed by atoms with van der Waals surface area (Å²) >= 11 is 1.76. The lowest BCUT2D eigenvalue weighted by molar-refractivity contribution is 0.198. The molecule has 1 aliphatic heterocycles. The molecule has 2 heterocycles. The SMILES string of the molecule is CNCCC(Oc1cccc(C2=CCN(C)CC2)c1)c1cccs1. The van der Waals surface area contributed by atoms with E-state index in [9.17, 15) is 0 Å². The van der Waals surface area contributed by atoms with E-state index in [0.717, 1.165) is 38.2 Å². The molecule has 1 aliphatic rings. The largest absolute Gasteiger partial charge is 0.485 e. The maximum Gasteiger partial charge on any atom is 0.134 e. The molecule has 1 aromatic heterocycles. The molecule has 1 atom stereocenters. The quantitative estimate of drug-likeness (QED) is 0.816. The molecular formula is C20H26N2OS. The van der Waals surface area contributed by atoms with Crippen LogP contribution in [0.5, 0.6) is 5.75 Å². The van der Waals surface area contributed by atoms with E-state index < -0.39 is 0 Å². The Hall–Kier alpha value is -1.62. The van der Waals surface area contributed by atoms with Crippen molar-refractivity contribution >= 4 is 16.9 Å². The molecule has 0 aliphatic carbocycles. The molecular weight excluding hydrogens is 316 g/mol. The van der Waals surface area contributed by atoms with Crippen molar-refractivity contribution in [2.75, 3.05) is 33.7 Å². The van der Waals surface area contributed by atoms with Gasteiger partial charge >= 0.3 is 0 Å². The van der Waals surface area contributed by atoms with Crippen LogP contribution in [0.2, 0.25) is 0 Å². The number of nitrogens with zero attached hydrogens (tertiary/aromatic N) is 1. The smallest absolute Gasteiger partial charge is 0.134 e. The van der Waals surface area contributed by atoms with Gasteiger partial charge in [0, 0.05) is 24.4 Å². The summed E-state index contributed by atoms with van der Waals surface area (Å²) in [4.78, 5) is 3.63. The molecule has 0 saturated heterocycles. The number of likely N-dealkylation sites (N-methyl/N-ethyl adjacent to an activating group) is 1. The fraction of sp³-hybridized carbons (Fsp3) is 0.400. The lowest BCUT2D eigenvalue weighted by Crippen LogP contribution is -2.23. The normalized spacial score (nSPS) is 16.7. The van der Waals surface area contributed by atoms with Crippen LogP contribution in [0.25, 0.3) is 5.57 Å². The maximum absolute atomic E-state index is 6.35. The summed E-state index contributed by atoms with van der Waals surface area (Å²) in [6.45, 7) is 3.09. The van der Waals surface area contributed by atoms with Crippen molar-refractivity contribution in [1.82, 2.24) is 10.2 Å². The van der Waals surface area contributed by atoms with Crippen LogP contribution in [-0.2, 0) is 0 Å². The van der Waals surface area contributed by atoms with Crippen molar-refractivity contribution in [3.8, 4) is 5.75 Å². The number of benzene rings is 1. The highest BCUT2D eigenvalue weighted by Crippen LogP contribution is 2.30. The molecule has 0 fully saturated rings. The Balaban J connectivity index is 1.75. The van der Waals surface area contributed by atoms with Crippen molar-refractivity contribution in [3.05, 3.63) is 58.3 Å². The molecule has 1 unspecified atom stereocenters. The molecule has 1 N–H and O–H groups in total. The van der Waals surface area contributed by atoms with E-state index in [-0.39, 0.29) is 6.10 Å². The highest BCUT2D eigenvalue weighted by atomic mass is 32.1. The predicted molar refractivity (Wildman–Crippen MR) is 103 cm³/mol. The molecule has 0 amide bonds. The van der Waals surface area contributed by atoms with Gasteiger partial charge in [0.25, 0.3) is 0 Å². The van der Waals surface area contributed by atoms with Gasteiger partial charge in [-0.05, 0) is 61.8 Å². The first-order valence-corrected chi connectivity index (χ1v) is 9.47. The topological polar surface area (TPSA) is 24.5 Å². The third-order valence-electron chi connectivity index (χ3n) is 4.41. The van der Waals surface area contributed by atoms with Gasteiger partial charge < -0.3 is 15.0 Å². The van der Waals surface area contributed by atoms with E-state index in [1.54, 1.807) is 11.3 Å². The zero-order valence-electron chi connectivity index (χ0n) is 14.5. The Labute approximate surface area is 149 Å². The first-order chi connectivity index (χ1) is 11.8. The van der Waals surface area contributed by atoms with Gasteiger partial charge in [-0.15, -0.1) is 11.3 Å². The molecule has 0 saturated carbocycles. The average Bonchev–Trinajstić information content (AvgIpc) is 3.14. The first kappa shape index (κ1) is 17.2. The lowest BCUT2D eigenvalue weighted by atomic mass is 9.99. The number of rotatable bonds is 7. The van der Waals surface area contributed by atoms with Crippen LogP contribution in [0, 0.1) is 0 Å². The van der Waals surface area contributed by atoms with Crippen LogP contribution >= 0.6 is 11.3 Å². The molecule has 24 heavy (non-hydrogen) atoms. The minimum absolute atomic E-state index is 0.110. The van der Waals surface area contributed by atoms with Gasteiger partial charge in [0.05, 0.1) is 0 Å². The van der Waals surface area contributed by atoms with Crippen molar-refractivity contribution in [2.24, 2.45) is 0 Å². The summed E-state index contributed by atoms with van der Waals surface area (Å²) in [6.07, 6.45) is 4.52. The summed E-state index contributed by atoms with van der Waals surface area (Å²) in [7, 11) is 4.15. The third-order valence-corrected chi connectivity index (χ3v) is 5.38. The van der Waals surface area contributed by atoms with Gasteiger partial charge in [0.1, 0.15) is 11.9 Å². The van der Waals surface area contributed by atoms with Gasteiger partial charge in [-0.2, -0.15) is 0 Å². The average molecular weight is 343 g/mol. The zero-order valence-corrected chi connectivity index (χ0v) is 15.3. The van der Waals surface area contributed by atoms with Crippen LogP contribution in [0.1, 0.15) is 29.4 Å². The fourth-order valence-corrected chi connectivity index (χ4v) is 3.76. The zero-order chi connectivity index (χ0) is 16.8. The minimum atomic E-state index is 0.110. The van der Waals surface area contributed by atoms with Gasteiger partial charge in [0.2, 0.25) is 0 Å². The molecule has 0 spiro atoms. The van der Waals surface area contributed by atoms with Gasteiger partial charge in [0.15, 0.2) is 0 Å². The molecule has 2 aromatic rings. The number of hydrogen-bond donors (Lipinski definition) is 1. The molecule has 4 heteroatoms. The van der Waals surface area contributed by atoms with E-state index in [2.05, 4.69) is 65.1 Å². The van der Waals surface area contributed by atoms with Crippen LogP contribution in [0.4, 0.5) is 0 Å². The summed E-state index contributed by atoms with van der Waals surface area (Å²) in [5.41, 5.74) is 2.72. The second-order valence-electron chi connectivity index (χ2n) is 6.28. The van der Waals surface area contributed by atoms with E-state index >= 15 is 0 Å². The highest BCUT2D eigenvalue weighted by Gasteiger charge is 2.15. The van der Waals surface area contributed by atoms with E-state index in [4.69, 9.17) is 4.74 Å². The Bertz CT molecular complexity index is 666. The molecule has 1 aromatic carbocycles. The number of hydrogen-bond acceptors (Lipinski definition) is 4. The van der Waals surface area contributed by atoms with E-state index in [0.29, 0.717) is 0 Å². The van der Waals surface area contributed by atoms with Crippen LogP contribution in [-0.4, -0.2) is 38.6 Å². The van der Waals surface area contributed by atoms with Crippen molar-refractivity contribution in [3.63, 3.8) is 0 Å². The van der Waals surface area contributed by atoms with Crippen molar-refractivity contribution < 1.29 is 4.74 Å². The summed E-state index contributed by atoms with van der Waals surface area (Å²) in [6, 6.07) is 12.8. The standard InChI is InChI=1S/C20H26N2OS/c1-21-11-8-19(20-7-4-14-24-20)23-18-6-3-5-17(15-18)16-9-12-22(2)13-10-16/h3-7,9,14-15,19,21H,8,10-13H2,1-2H3. The second kappa shape index (κ2) is 8.47. The Morgan fingerprint density at radius 2 is 2.21 bits per heavy atom. The summed E-state index contributed by atoms with van der Waals surface area (Å²) in [5.74, 6) is 0.960. The van der Waals surface area contributed by atoms with Gasteiger partial charge in [-0.1, -0.05) is 24.3 Å². The molecule has 0 radical (unpaired) electrons. The predicted octanol–water partition coefficient (Wildman–Crippen LogP) is 4.20. The van der Waals surface area contributed by atoms with Crippen LogP contribution in [0.3, 0.4) is 0 Å². The maximum atomic E-state index is 6.35. The number of ether oxygens (including phenoxy) is 1. The number of thiophene rings is 1. The van der Waals surface area contributed by atoms with E-state index in [1.807, 2.05) is 7.05 Å². The second-order valence-corrected chi connectivity index (χ2v) is 7.26. The van der Waals surface area contributed by atoms with E-state index in [1.165, 1.54) is 16.0 Å². The lowest BCUT2D eigenvalue weighted by Gasteiger charge is -2.23. The van der Waals surface area contributed by atoms with Crippen LogP contribution in [0.15, 0.2) is 47.9 Å². The molecule has 3 nitrogen and oxygen atoms in total. The molecule has 0 bridgehead atoms. The Morgan fingerprint density at radius 3 is 2.92 bits per heavy atom. The van der Waals surface area contributed by atoms with Gasteiger partial charge in [-0.3, -0.25) is 0 Å². The Morgan fingerprint density at radius 1 is 1.29 bits per heavy atom. The molecule has 128 valence electrons. The third kappa shape index (κ3) is 4.47. The molecule has 3 rings (SSSR count). The monoisotopic (exact) mass is 342 g/mol. The highest BCUT2D eigenvalue weighted by molar-refractivity contribution is 7.10. The first-order valence-electron chi connectivity index (χ1n) is 8.59. The summed E-state index contributed by atoms with van der Waals surface area (Å²) < 4.78 is 6.35. The minimum Gasteiger partial charge on any atom is -0.485 e. The van der Waals surface area contributed by atoms with Gasteiger partial charge in [-0.25, -0.2) is 0 Å².